The highest BCUT2D eigenvalue weighted by atomic mass is 32.2. The molecule has 1 rings (SSSR count). The number of hydrogen-bond donors (Lipinski definition) is 1. The van der Waals surface area contributed by atoms with Crippen molar-refractivity contribution in [2.45, 2.75) is 51.5 Å². The number of unbranched alkanes of at least 4 members (excludes halogenated alkanes) is 3. The number of thioether (sulfide) groups is 1. The molecule has 78 valence electrons. The monoisotopic (exact) mass is 201 g/mol. The van der Waals surface area contributed by atoms with Gasteiger partial charge >= 0.3 is 0 Å². The molecule has 0 aliphatic carbocycles. The predicted octanol–water partition coefficient (Wildman–Crippen LogP) is 3.05. The van der Waals surface area contributed by atoms with E-state index < -0.39 is 0 Å². The Bertz CT molecular complexity index is 111. The summed E-state index contributed by atoms with van der Waals surface area (Å²) in [4.78, 5) is 0. The highest BCUT2D eigenvalue weighted by Crippen LogP contribution is 2.16. The van der Waals surface area contributed by atoms with Gasteiger partial charge in [0.2, 0.25) is 0 Å². The third kappa shape index (κ3) is 5.58. The Labute approximate surface area is 87.1 Å². The Morgan fingerprint density at radius 2 is 1.92 bits per heavy atom. The summed E-state index contributed by atoms with van der Waals surface area (Å²) in [5.41, 5.74) is 0. The molecule has 2 heteroatoms. The van der Waals surface area contributed by atoms with Crippen molar-refractivity contribution in [1.82, 2.24) is 5.32 Å². The average Bonchev–Trinajstić information content (AvgIpc) is 2.19. The van der Waals surface area contributed by atoms with Gasteiger partial charge in [-0.2, -0.15) is 11.8 Å². The quantitative estimate of drug-likeness (QED) is 0.663. The van der Waals surface area contributed by atoms with Gasteiger partial charge in [-0.25, -0.2) is 0 Å². The molecule has 1 nitrogen and oxygen atoms in total. The lowest BCUT2D eigenvalue weighted by Gasteiger charge is -2.22. The molecule has 0 spiro atoms. The molecular weight excluding hydrogens is 178 g/mol. The van der Waals surface area contributed by atoms with Gasteiger partial charge in [0.15, 0.2) is 0 Å². The normalized spacial score (nSPS) is 19.2. The summed E-state index contributed by atoms with van der Waals surface area (Å²) >= 11 is 2.11. The maximum Gasteiger partial charge on any atom is 0.00827 e. The second kappa shape index (κ2) is 7.69. The molecule has 1 heterocycles. The second-order valence-corrected chi connectivity index (χ2v) is 5.13. The third-order valence-corrected chi connectivity index (χ3v) is 3.73. The Kier molecular flexibility index (Phi) is 6.73. The molecule has 1 aliphatic heterocycles. The van der Waals surface area contributed by atoms with Crippen molar-refractivity contribution in [3.63, 3.8) is 0 Å². The molecule has 0 saturated carbocycles. The lowest BCUT2D eigenvalue weighted by atomic mass is 10.1. The molecule has 13 heavy (non-hydrogen) atoms. The third-order valence-electron chi connectivity index (χ3n) is 2.68. The summed E-state index contributed by atoms with van der Waals surface area (Å²) in [6, 6.07) is 0.836. The summed E-state index contributed by atoms with van der Waals surface area (Å²) in [5.74, 6) is 2.74. The fourth-order valence-corrected chi connectivity index (χ4v) is 2.87. The van der Waals surface area contributed by atoms with Crippen LogP contribution in [0.4, 0.5) is 0 Å². The molecule has 0 amide bonds. The minimum atomic E-state index is 0.836. The minimum absolute atomic E-state index is 0.836. The Hall–Kier alpha value is 0.310. The van der Waals surface area contributed by atoms with E-state index in [9.17, 15) is 0 Å². The zero-order valence-electron chi connectivity index (χ0n) is 8.85. The van der Waals surface area contributed by atoms with E-state index in [-0.39, 0.29) is 0 Å². The number of hydrogen-bond acceptors (Lipinski definition) is 2. The molecule has 1 N–H and O–H groups in total. The van der Waals surface area contributed by atoms with E-state index in [0.29, 0.717) is 0 Å². The highest BCUT2D eigenvalue weighted by molar-refractivity contribution is 7.99. The van der Waals surface area contributed by atoms with Crippen LogP contribution in [0, 0.1) is 0 Å². The van der Waals surface area contributed by atoms with Gasteiger partial charge < -0.3 is 5.32 Å². The lowest BCUT2D eigenvalue weighted by molar-refractivity contribution is 0.469. The van der Waals surface area contributed by atoms with Gasteiger partial charge in [-0.15, -0.1) is 0 Å². The fraction of sp³-hybridized carbons (Fsp3) is 1.00. The van der Waals surface area contributed by atoms with E-state index in [0.717, 1.165) is 6.04 Å². The van der Waals surface area contributed by atoms with Crippen molar-refractivity contribution >= 4 is 11.8 Å². The van der Waals surface area contributed by atoms with E-state index in [1.54, 1.807) is 0 Å². The van der Waals surface area contributed by atoms with Crippen LogP contribution < -0.4 is 5.32 Å². The molecular formula is C11H23NS. The van der Waals surface area contributed by atoms with E-state index in [2.05, 4.69) is 24.0 Å². The van der Waals surface area contributed by atoms with Crippen LogP contribution in [0.5, 0.6) is 0 Å². The molecule has 0 unspecified atom stereocenters. The van der Waals surface area contributed by atoms with Crippen LogP contribution in [0.25, 0.3) is 0 Å². The summed E-state index contributed by atoms with van der Waals surface area (Å²) in [5, 5.41) is 3.67. The summed E-state index contributed by atoms with van der Waals surface area (Å²) < 4.78 is 0. The Balaban J connectivity index is 1.86. The molecule has 0 radical (unpaired) electrons. The zero-order chi connectivity index (χ0) is 9.36. The Morgan fingerprint density at radius 3 is 2.62 bits per heavy atom. The minimum Gasteiger partial charge on any atom is -0.314 e. The summed E-state index contributed by atoms with van der Waals surface area (Å²) in [6.45, 7) is 3.52. The van der Waals surface area contributed by atoms with Crippen LogP contribution in [0.2, 0.25) is 0 Å². The van der Waals surface area contributed by atoms with E-state index >= 15 is 0 Å². The van der Waals surface area contributed by atoms with Gasteiger partial charge in [-0.1, -0.05) is 26.2 Å². The highest BCUT2D eigenvalue weighted by Gasteiger charge is 2.11. The van der Waals surface area contributed by atoms with Crippen molar-refractivity contribution < 1.29 is 0 Å². The first kappa shape index (κ1) is 11.4. The molecule has 0 aromatic rings. The molecule has 1 saturated heterocycles. The van der Waals surface area contributed by atoms with Crippen LogP contribution >= 0.6 is 11.8 Å². The molecule has 0 aromatic carbocycles. The molecule has 0 aromatic heterocycles. The first-order valence-corrected chi connectivity index (χ1v) is 6.90. The standard InChI is InChI=1S/C11H23NS/c1-2-3-4-5-8-12-11-6-9-13-10-7-11/h11-12H,2-10H2,1H3. The molecule has 0 bridgehead atoms. The molecule has 1 aliphatic rings. The van der Waals surface area contributed by atoms with E-state index in [1.165, 1.54) is 56.6 Å². The number of nitrogens with one attached hydrogen (secondary N) is 1. The first-order chi connectivity index (χ1) is 6.43. The van der Waals surface area contributed by atoms with Crippen LogP contribution in [-0.2, 0) is 0 Å². The second-order valence-electron chi connectivity index (χ2n) is 3.90. The van der Waals surface area contributed by atoms with E-state index in [1.807, 2.05) is 0 Å². The van der Waals surface area contributed by atoms with Gasteiger partial charge in [0.05, 0.1) is 0 Å². The van der Waals surface area contributed by atoms with Gasteiger partial charge in [-0.05, 0) is 37.3 Å². The van der Waals surface area contributed by atoms with Crippen molar-refractivity contribution in [3.05, 3.63) is 0 Å². The largest absolute Gasteiger partial charge is 0.314 e. The van der Waals surface area contributed by atoms with Crippen molar-refractivity contribution in [2.75, 3.05) is 18.1 Å². The van der Waals surface area contributed by atoms with Crippen LogP contribution in [0.1, 0.15) is 45.4 Å². The average molecular weight is 201 g/mol. The zero-order valence-corrected chi connectivity index (χ0v) is 9.67. The predicted molar refractivity (Wildman–Crippen MR) is 62.5 cm³/mol. The van der Waals surface area contributed by atoms with E-state index in [4.69, 9.17) is 0 Å². The summed E-state index contributed by atoms with van der Waals surface area (Å²) in [7, 11) is 0. The fourth-order valence-electron chi connectivity index (χ4n) is 1.76. The van der Waals surface area contributed by atoms with Crippen molar-refractivity contribution in [1.29, 1.82) is 0 Å². The van der Waals surface area contributed by atoms with Crippen molar-refractivity contribution in [2.24, 2.45) is 0 Å². The lowest BCUT2D eigenvalue weighted by Crippen LogP contribution is -2.33. The van der Waals surface area contributed by atoms with Gasteiger partial charge in [0.25, 0.3) is 0 Å². The first-order valence-electron chi connectivity index (χ1n) is 5.74. The van der Waals surface area contributed by atoms with Crippen LogP contribution in [0.15, 0.2) is 0 Å². The van der Waals surface area contributed by atoms with Crippen LogP contribution in [0.3, 0.4) is 0 Å². The van der Waals surface area contributed by atoms with Crippen LogP contribution in [-0.4, -0.2) is 24.1 Å². The number of rotatable bonds is 6. The Morgan fingerprint density at radius 1 is 1.15 bits per heavy atom. The van der Waals surface area contributed by atoms with Crippen molar-refractivity contribution in [3.8, 4) is 0 Å². The smallest absolute Gasteiger partial charge is 0.00827 e. The topological polar surface area (TPSA) is 12.0 Å². The maximum atomic E-state index is 3.67. The maximum absolute atomic E-state index is 3.67. The molecule has 1 fully saturated rings. The SMILES string of the molecule is CCCCCCNC1CCSCC1. The van der Waals surface area contributed by atoms with Gasteiger partial charge in [0, 0.05) is 6.04 Å². The van der Waals surface area contributed by atoms with Gasteiger partial charge in [-0.3, -0.25) is 0 Å². The molecule has 0 atom stereocenters. The van der Waals surface area contributed by atoms with Gasteiger partial charge in [0.1, 0.15) is 0 Å². The summed E-state index contributed by atoms with van der Waals surface area (Å²) in [6.07, 6.45) is 8.31.